The molecule has 2 aromatic heterocycles. The molecule has 3 heterocycles. The number of nitrogens with one attached hydrogen (secondary N) is 1. The van der Waals surface area contributed by atoms with Crippen molar-refractivity contribution in [3.63, 3.8) is 0 Å². The summed E-state index contributed by atoms with van der Waals surface area (Å²) in [7, 11) is 0. The summed E-state index contributed by atoms with van der Waals surface area (Å²) >= 11 is 0. The summed E-state index contributed by atoms with van der Waals surface area (Å²) in [4.78, 5) is 18.4. The molecule has 0 aliphatic carbocycles. The van der Waals surface area contributed by atoms with Gasteiger partial charge < -0.3 is 25.3 Å². The van der Waals surface area contributed by atoms with Crippen molar-refractivity contribution in [1.29, 1.82) is 0 Å². The molecule has 3 aromatic rings. The highest BCUT2D eigenvalue weighted by molar-refractivity contribution is 5.96. The predicted molar refractivity (Wildman–Crippen MR) is 167 cm³/mol. The molecule has 4 rings (SSSR count). The van der Waals surface area contributed by atoms with E-state index in [1.54, 1.807) is 13.8 Å². The van der Waals surface area contributed by atoms with Crippen LogP contribution in [0.3, 0.4) is 0 Å². The van der Waals surface area contributed by atoms with Gasteiger partial charge in [0.1, 0.15) is 28.2 Å². The number of hydrogen-bond donors (Lipinski definition) is 2. The molecule has 48 heavy (non-hydrogen) atoms. The molecule has 1 aliphatic heterocycles. The molecule has 0 saturated carbocycles. The van der Waals surface area contributed by atoms with Crippen LogP contribution in [-0.4, -0.2) is 91.6 Å². The van der Waals surface area contributed by atoms with Crippen molar-refractivity contribution < 1.29 is 44.9 Å². The average molecular weight is 690 g/mol. The number of rotatable bonds is 15. The van der Waals surface area contributed by atoms with Crippen LogP contribution in [0, 0.1) is 24.5 Å². The third kappa shape index (κ3) is 8.72. The van der Waals surface area contributed by atoms with Gasteiger partial charge in [-0.15, -0.1) is 0 Å². The molecule has 10 nitrogen and oxygen atoms in total. The Hall–Kier alpha value is -3.99. The van der Waals surface area contributed by atoms with Crippen molar-refractivity contribution in [2.24, 2.45) is 10.9 Å². The summed E-state index contributed by atoms with van der Waals surface area (Å²) in [5.41, 5.74) is 0.499. The molecular formula is C31H38F7N7O3. The van der Waals surface area contributed by atoms with Gasteiger partial charge in [-0.2, -0.15) is 23.1 Å². The normalized spacial score (nSPS) is 15.5. The molecule has 0 bridgehead atoms. The van der Waals surface area contributed by atoms with E-state index in [4.69, 9.17) is 19.9 Å². The van der Waals surface area contributed by atoms with Crippen molar-refractivity contribution in [2.75, 3.05) is 63.6 Å². The fraction of sp³-hybridized carbons (Fsp3) is 0.548. The molecule has 2 atom stereocenters. The van der Waals surface area contributed by atoms with Crippen molar-refractivity contribution >= 4 is 29.1 Å². The molecule has 264 valence electrons. The molecule has 1 saturated heterocycles. The third-order valence-electron chi connectivity index (χ3n) is 7.83. The van der Waals surface area contributed by atoms with Gasteiger partial charge in [0.15, 0.2) is 5.82 Å². The van der Waals surface area contributed by atoms with Crippen LogP contribution in [0.15, 0.2) is 11.1 Å². The number of aliphatic imine (C=N–C) groups is 1. The van der Waals surface area contributed by atoms with Gasteiger partial charge in [0.2, 0.25) is 12.3 Å². The van der Waals surface area contributed by atoms with E-state index < -0.39 is 82.3 Å². The number of ether oxygens (including phenoxy) is 3. The lowest BCUT2D eigenvalue weighted by Gasteiger charge is -2.30. The van der Waals surface area contributed by atoms with Gasteiger partial charge in [-0.25, -0.2) is 22.5 Å². The first-order valence-corrected chi connectivity index (χ1v) is 15.4. The zero-order valence-corrected chi connectivity index (χ0v) is 26.8. The number of nitrogens with zero attached hydrogens (tertiary/aromatic N) is 5. The van der Waals surface area contributed by atoms with E-state index in [9.17, 15) is 26.3 Å². The number of aromatic nitrogens is 3. The first-order valence-electron chi connectivity index (χ1n) is 15.4. The summed E-state index contributed by atoms with van der Waals surface area (Å²) in [5, 5.41) is 2.83. The number of halogens is 7. The van der Waals surface area contributed by atoms with Crippen molar-refractivity contribution in [2.45, 2.75) is 52.3 Å². The minimum absolute atomic E-state index is 0.0562. The number of nitrogen functional groups attached to an aromatic ring is 1. The molecule has 0 amide bonds. The molecular weight excluding hydrogens is 651 g/mol. The highest BCUT2D eigenvalue weighted by atomic mass is 19.4. The topological polar surface area (TPSA) is 120 Å². The Labute approximate surface area is 272 Å². The van der Waals surface area contributed by atoms with Crippen molar-refractivity contribution in [1.82, 2.24) is 19.9 Å². The first-order chi connectivity index (χ1) is 22.7. The maximum absolute atomic E-state index is 16.6. The molecule has 1 aromatic carbocycles. The average Bonchev–Trinajstić information content (AvgIpc) is 3.03. The zero-order valence-electron chi connectivity index (χ0n) is 26.8. The van der Waals surface area contributed by atoms with E-state index >= 15 is 4.39 Å². The number of alkyl halides is 5. The Morgan fingerprint density at radius 3 is 2.48 bits per heavy atom. The lowest BCUT2D eigenvalue weighted by atomic mass is 9.96. The summed E-state index contributed by atoms with van der Waals surface area (Å²) in [6.07, 6.45) is -8.37. The monoisotopic (exact) mass is 689 g/mol. The molecule has 1 aliphatic rings. The number of nitrogens with two attached hydrogens (primary N) is 1. The van der Waals surface area contributed by atoms with E-state index in [-0.39, 0.29) is 43.3 Å². The predicted octanol–water partition coefficient (Wildman–Crippen LogP) is 6.15. The van der Waals surface area contributed by atoms with E-state index in [0.717, 1.165) is 6.92 Å². The van der Waals surface area contributed by atoms with Gasteiger partial charge >= 0.3 is 12.2 Å². The molecule has 1 fully saturated rings. The quantitative estimate of drug-likeness (QED) is 0.0838. The maximum atomic E-state index is 16.6. The zero-order chi connectivity index (χ0) is 35.2. The summed E-state index contributed by atoms with van der Waals surface area (Å²) in [6, 6.07) is 0.220. The van der Waals surface area contributed by atoms with E-state index in [2.05, 4.69) is 32.0 Å². The largest absolute Gasteiger partial charge is 0.474 e. The van der Waals surface area contributed by atoms with Gasteiger partial charge in [0.25, 0.3) is 0 Å². The highest BCUT2D eigenvalue weighted by Crippen LogP contribution is 2.44. The Morgan fingerprint density at radius 1 is 1.15 bits per heavy atom. The third-order valence-corrected chi connectivity index (χ3v) is 7.83. The lowest BCUT2D eigenvalue weighted by Crippen LogP contribution is -2.41. The van der Waals surface area contributed by atoms with Crippen LogP contribution < -0.4 is 20.5 Å². The first kappa shape index (κ1) is 36.8. The Morgan fingerprint density at radius 2 is 1.85 bits per heavy atom. The van der Waals surface area contributed by atoms with Crippen LogP contribution in [-0.2, 0) is 10.9 Å². The van der Waals surface area contributed by atoms with E-state index in [1.165, 1.54) is 0 Å². The van der Waals surface area contributed by atoms with Crippen LogP contribution in [0.4, 0.5) is 42.2 Å². The van der Waals surface area contributed by atoms with Crippen molar-refractivity contribution in [3.8, 4) is 23.1 Å². The Bertz CT molecular complexity index is 1590. The number of benzene rings is 1. The van der Waals surface area contributed by atoms with Gasteiger partial charge in [-0.1, -0.05) is 6.92 Å². The van der Waals surface area contributed by atoms with Gasteiger partial charge in [0, 0.05) is 44.1 Å². The lowest BCUT2D eigenvalue weighted by molar-refractivity contribution is -0.137. The van der Waals surface area contributed by atoms with Crippen LogP contribution in [0.5, 0.6) is 11.9 Å². The Balaban J connectivity index is 1.91. The fourth-order valence-corrected chi connectivity index (χ4v) is 5.26. The second kappa shape index (κ2) is 15.9. The molecule has 3 N–H and O–H groups in total. The fourth-order valence-electron chi connectivity index (χ4n) is 5.26. The number of hydrogen-bond acceptors (Lipinski definition) is 10. The summed E-state index contributed by atoms with van der Waals surface area (Å²) in [6.45, 7) is 10.1. The summed E-state index contributed by atoms with van der Waals surface area (Å²) < 4.78 is 118. The molecule has 17 heteroatoms. The van der Waals surface area contributed by atoms with E-state index in [0.29, 0.717) is 38.8 Å². The smallest absolute Gasteiger partial charge is 0.417 e. The second-order valence-corrected chi connectivity index (χ2v) is 11.4. The van der Waals surface area contributed by atoms with E-state index in [1.807, 2.05) is 4.90 Å². The number of fused-ring (bicyclic) bond motifs is 1. The van der Waals surface area contributed by atoms with Crippen molar-refractivity contribution in [3.05, 3.63) is 28.8 Å². The summed E-state index contributed by atoms with van der Waals surface area (Å²) in [5.74, 6) is -3.68. The minimum Gasteiger partial charge on any atom is -0.474 e. The second-order valence-electron chi connectivity index (χ2n) is 11.4. The maximum Gasteiger partial charge on any atom is 0.417 e. The van der Waals surface area contributed by atoms with Crippen LogP contribution >= 0.6 is 0 Å². The molecule has 0 spiro atoms. The van der Waals surface area contributed by atoms with Crippen LogP contribution in [0.25, 0.3) is 22.2 Å². The van der Waals surface area contributed by atoms with Gasteiger partial charge in [-0.3, -0.25) is 9.89 Å². The van der Waals surface area contributed by atoms with Crippen LogP contribution in [0.2, 0.25) is 0 Å². The van der Waals surface area contributed by atoms with Crippen LogP contribution in [0.1, 0.15) is 37.8 Å². The minimum atomic E-state index is -5.13. The molecule has 2 unspecified atom stereocenters. The number of pyridine rings is 1. The number of anilines is 2. The standard InChI is InChI=1S/C31H38F7N7O3/c1-5-16(2)48-29-22-27(25(35)26(42-29)19-13-20(39)24(34)17(3)23(19)31(36,37)38)43-30(44-28(22)41-7-6-40-4)47-15-18(12-21(32)33)14-45-8-10-46-11-9-45/h13,16,18,21H,4-12,14-15,39H2,1-3H3,(H,41,43,44). The Kier molecular flexibility index (Phi) is 12.2. The highest BCUT2D eigenvalue weighted by Gasteiger charge is 2.39. The van der Waals surface area contributed by atoms with Gasteiger partial charge in [-0.05, 0) is 38.6 Å². The molecule has 0 radical (unpaired) electrons. The number of morpholine rings is 1. The van der Waals surface area contributed by atoms with Gasteiger partial charge in [0.05, 0.1) is 43.7 Å². The SMILES string of the molecule is C=NCCNc1nc(OCC(CC(F)F)CN2CCOCC2)nc2c(F)c(-c3cc(N)c(F)c(C)c3C(F)(F)F)nc(OC(C)CC)c12.